The third-order valence-electron chi connectivity index (χ3n) is 13.6. The van der Waals surface area contributed by atoms with Gasteiger partial charge < -0.3 is 14.5 Å². The van der Waals surface area contributed by atoms with Gasteiger partial charge in [0.05, 0.1) is 22.1 Å². The SMILES string of the molecule is c1ccc(C2=NC(c3cccc(-c4ccccc4)c3)NC(n3c4ccccc4c4ccc5c6ccccc6n(-c6cccc(-c7ccccc7-c7ccc(-c8ccccc8)cc7)c6)c5c43)N2)cc1. The lowest BCUT2D eigenvalue weighted by Gasteiger charge is -2.34. The molecule has 0 radical (unpaired) electrons. The normalized spacial score (nSPS) is 14.9. The van der Waals surface area contributed by atoms with Gasteiger partial charge in [0, 0.05) is 32.8 Å². The first kappa shape index (κ1) is 39.6. The van der Waals surface area contributed by atoms with Crippen LogP contribution in [0.3, 0.4) is 0 Å². The molecule has 322 valence electrons. The van der Waals surface area contributed by atoms with Gasteiger partial charge in [0.25, 0.3) is 0 Å². The van der Waals surface area contributed by atoms with Crippen LogP contribution in [0.5, 0.6) is 0 Å². The minimum atomic E-state index is -0.376. The summed E-state index contributed by atoms with van der Waals surface area (Å²) >= 11 is 0. The fraction of sp³-hybridized carbons (Fsp3) is 0.0317. The number of para-hydroxylation sites is 2. The Balaban J connectivity index is 0.999. The molecule has 12 aromatic rings. The molecule has 0 spiro atoms. The molecule has 1 aliphatic rings. The van der Waals surface area contributed by atoms with E-state index in [0.717, 1.165) is 55.8 Å². The van der Waals surface area contributed by atoms with Gasteiger partial charge in [-0.15, -0.1) is 0 Å². The Hall–Kier alpha value is -8.77. The van der Waals surface area contributed by atoms with Crippen molar-refractivity contribution in [3.05, 3.63) is 260 Å². The lowest BCUT2D eigenvalue weighted by Crippen LogP contribution is -2.47. The summed E-state index contributed by atoms with van der Waals surface area (Å²) in [6, 6.07) is 89.5. The molecule has 2 atom stereocenters. The summed E-state index contributed by atoms with van der Waals surface area (Å²) in [7, 11) is 0. The van der Waals surface area contributed by atoms with Crippen LogP contribution < -0.4 is 10.6 Å². The molecule has 0 aliphatic carbocycles. The molecule has 0 saturated heterocycles. The second-order valence-corrected chi connectivity index (χ2v) is 17.6. The molecule has 2 unspecified atom stereocenters. The van der Waals surface area contributed by atoms with Gasteiger partial charge in [0.2, 0.25) is 0 Å². The van der Waals surface area contributed by atoms with E-state index in [9.17, 15) is 0 Å². The van der Waals surface area contributed by atoms with Crippen molar-refractivity contribution in [2.75, 3.05) is 0 Å². The summed E-state index contributed by atoms with van der Waals surface area (Å²) in [6.07, 6.45) is -0.716. The predicted molar refractivity (Wildman–Crippen MR) is 283 cm³/mol. The number of fused-ring (bicyclic) bond motifs is 7. The van der Waals surface area contributed by atoms with Gasteiger partial charge in [-0.25, -0.2) is 4.99 Å². The Morgan fingerprint density at radius 1 is 0.353 bits per heavy atom. The number of amidine groups is 1. The van der Waals surface area contributed by atoms with Gasteiger partial charge >= 0.3 is 0 Å². The number of hydrogen-bond donors (Lipinski definition) is 2. The van der Waals surface area contributed by atoms with E-state index in [1.807, 2.05) is 0 Å². The van der Waals surface area contributed by atoms with Crippen LogP contribution in [0.25, 0.3) is 93.8 Å². The molecule has 68 heavy (non-hydrogen) atoms. The maximum Gasteiger partial charge on any atom is 0.162 e. The number of aromatic nitrogens is 2. The first-order chi connectivity index (χ1) is 33.7. The van der Waals surface area contributed by atoms with Gasteiger partial charge in [0.15, 0.2) is 6.29 Å². The zero-order valence-corrected chi connectivity index (χ0v) is 37.2. The summed E-state index contributed by atoms with van der Waals surface area (Å²) in [5.74, 6) is 0.837. The smallest absolute Gasteiger partial charge is 0.162 e. The van der Waals surface area contributed by atoms with Crippen molar-refractivity contribution in [1.82, 2.24) is 19.8 Å². The van der Waals surface area contributed by atoms with Crippen LogP contribution in [0, 0.1) is 0 Å². The van der Waals surface area contributed by atoms with E-state index in [4.69, 9.17) is 4.99 Å². The molecule has 5 nitrogen and oxygen atoms in total. The highest BCUT2D eigenvalue weighted by molar-refractivity contribution is 6.23. The molecule has 10 aromatic carbocycles. The quantitative estimate of drug-likeness (QED) is 0.160. The van der Waals surface area contributed by atoms with Crippen LogP contribution >= 0.6 is 0 Å². The highest BCUT2D eigenvalue weighted by Gasteiger charge is 2.30. The second-order valence-electron chi connectivity index (χ2n) is 17.6. The van der Waals surface area contributed by atoms with Crippen molar-refractivity contribution in [2.45, 2.75) is 12.5 Å². The molecule has 5 heteroatoms. The number of aliphatic imine (C=N–C) groups is 1. The van der Waals surface area contributed by atoms with Crippen LogP contribution in [0.15, 0.2) is 254 Å². The monoisotopic (exact) mass is 871 g/mol. The van der Waals surface area contributed by atoms with Crippen LogP contribution in [0.2, 0.25) is 0 Å². The van der Waals surface area contributed by atoms with E-state index in [-0.39, 0.29) is 12.5 Å². The number of nitrogens with zero attached hydrogens (tertiary/aromatic N) is 3. The molecule has 0 amide bonds. The number of hydrogen-bond acceptors (Lipinski definition) is 3. The molecule has 3 heterocycles. The van der Waals surface area contributed by atoms with E-state index in [1.54, 1.807) is 0 Å². The number of rotatable bonds is 8. The van der Waals surface area contributed by atoms with Gasteiger partial charge in [-0.2, -0.15) is 0 Å². The molecule has 1 aliphatic heterocycles. The average molecular weight is 872 g/mol. The lowest BCUT2D eigenvalue weighted by atomic mass is 9.93. The third kappa shape index (κ3) is 6.79. The van der Waals surface area contributed by atoms with Crippen molar-refractivity contribution >= 4 is 49.4 Å². The maximum absolute atomic E-state index is 5.40. The Kier molecular flexibility index (Phi) is 9.66. The molecule has 0 fully saturated rings. The molecular formula is C63H45N5. The van der Waals surface area contributed by atoms with E-state index in [2.05, 4.69) is 268 Å². The number of benzene rings is 10. The fourth-order valence-corrected chi connectivity index (χ4v) is 10.4. The topological polar surface area (TPSA) is 46.3 Å². The largest absolute Gasteiger partial charge is 0.337 e. The first-order valence-electron chi connectivity index (χ1n) is 23.4. The van der Waals surface area contributed by atoms with Crippen LogP contribution in [0.1, 0.15) is 23.6 Å². The lowest BCUT2D eigenvalue weighted by molar-refractivity contribution is 0.330. The van der Waals surface area contributed by atoms with E-state index >= 15 is 0 Å². The standard InChI is InChI=1S/C63H45N5/c1-4-18-42(19-5-1)44-34-36-45(37-35-44)51-28-10-11-29-52(51)48-25-17-27-50(41-48)67-57-32-14-12-30-53(57)55-38-39-56-54-31-13-15-33-58(54)68(60(56)59(55)67)63-65-61(46-22-8-3-9-23-46)64-62(66-63)49-26-16-24-47(40-49)43-20-6-2-7-21-43/h1-41,62-63,66H,(H,64,65). The maximum atomic E-state index is 5.40. The highest BCUT2D eigenvalue weighted by Crippen LogP contribution is 2.43. The summed E-state index contributed by atoms with van der Waals surface area (Å²) in [6.45, 7) is 0. The van der Waals surface area contributed by atoms with Crippen molar-refractivity contribution in [3.8, 4) is 50.2 Å². The predicted octanol–water partition coefficient (Wildman–Crippen LogP) is 15.4. The van der Waals surface area contributed by atoms with Gasteiger partial charge in [0.1, 0.15) is 12.0 Å². The van der Waals surface area contributed by atoms with E-state index < -0.39 is 0 Å². The summed E-state index contributed by atoms with van der Waals surface area (Å²) in [5, 5.41) is 12.7. The Labute approximate surface area is 394 Å². The summed E-state index contributed by atoms with van der Waals surface area (Å²) < 4.78 is 4.96. The molecular weight excluding hydrogens is 827 g/mol. The second kappa shape index (κ2) is 16.6. The van der Waals surface area contributed by atoms with Crippen molar-refractivity contribution < 1.29 is 0 Å². The van der Waals surface area contributed by atoms with Crippen LogP contribution in [-0.4, -0.2) is 15.0 Å². The third-order valence-corrected chi connectivity index (χ3v) is 13.6. The zero-order chi connectivity index (χ0) is 45.0. The summed E-state index contributed by atoms with van der Waals surface area (Å²) in [5.41, 5.74) is 17.3. The Morgan fingerprint density at radius 3 is 1.59 bits per heavy atom. The van der Waals surface area contributed by atoms with Crippen molar-refractivity contribution in [1.29, 1.82) is 0 Å². The first-order valence-corrected chi connectivity index (χ1v) is 23.4. The van der Waals surface area contributed by atoms with E-state index in [1.165, 1.54) is 54.9 Å². The average Bonchev–Trinajstić information content (AvgIpc) is 3.95. The van der Waals surface area contributed by atoms with Crippen LogP contribution in [0.4, 0.5) is 0 Å². The van der Waals surface area contributed by atoms with Crippen molar-refractivity contribution in [3.63, 3.8) is 0 Å². The van der Waals surface area contributed by atoms with E-state index in [0.29, 0.717) is 0 Å². The van der Waals surface area contributed by atoms with Gasteiger partial charge in [-0.1, -0.05) is 218 Å². The summed E-state index contributed by atoms with van der Waals surface area (Å²) in [4.78, 5) is 5.40. The molecule has 2 N–H and O–H groups in total. The minimum absolute atomic E-state index is 0.340. The molecule has 0 bridgehead atoms. The Morgan fingerprint density at radius 2 is 0.868 bits per heavy atom. The van der Waals surface area contributed by atoms with Crippen LogP contribution in [-0.2, 0) is 0 Å². The van der Waals surface area contributed by atoms with Crippen molar-refractivity contribution in [2.24, 2.45) is 4.99 Å². The van der Waals surface area contributed by atoms with Gasteiger partial charge in [-0.3, -0.25) is 5.32 Å². The van der Waals surface area contributed by atoms with Gasteiger partial charge in [-0.05, 0) is 80.4 Å². The molecule has 0 saturated carbocycles. The number of nitrogens with one attached hydrogen (secondary N) is 2. The minimum Gasteiger partial charge on any atom is -0.337 e. The highest BCUT2D eigenvalue weighted by atomic mass is 15.4. The fourth-order valence-electron chi connectivity index (χ4n) is 10.4. The molecule has 13 rings (SSSR count). The zero-order valence-electron chi connectivity index (χ0n) is 37.2. The Bertz CT molecular complexity index is 3850. The molecule has 2 aromatic heterocycles.